The summed E-state index contributed by atoms with van der Waals surface area (Å²) in [4.78, 5) is 34.1. The summed E-state index contributed by atoms with van der Waals surface area (Å²) in [6.45, 7) is 2.62. The van der Waals surface area contributed by atoms with Crippen LogP contribution in [0.5, 0.6) is 5.75 Å². The second-order valence-electron chi connectivity index (χ2n) is 6.39. The average Bonchev–Trinajstić information content (AvgIpc) is 2.76. The zero-order valence-electron chi connectivity index (χ0n) is 17.6. The van der Waals surface area contributed by atoms with Crippen molar-refractivity contribution in [3.63, 3.8) is 0 Å². The highest BCUT2D eigenvalue weighted by molar-refractivity contribution is 7.98. The lowest BCUT2D eigenvalue weighted by Crippen LogP contribution is -2.30. The van der Waals surface area contributed by atoms with Crippen LogP contribution in [0.3, 0.4) is 0 Å². The van der Waals surface area contributed by atoms with E-state index in [-0.39, 0.29) is 23.0 Å². The molecule has 0 spiro atoms. The van der Waals surface area contributed by atoms with Gasteiger partial charge in [-0.1, -0.05) is 0 Å². The Morgan fingerprint density at radius 2 is 1.91 bits per heavy atom. The second-order valence-corrected chi connectivity index (χ2v) is 9.00. The zero-order valence-corrected chi connectivity index (χ0v) is 19.2. The summed E-state index contributed by atoms with van der Waals surface area (Å²) >= 11 is 1.11. The molecule has 0 aliphatic heterocycles. The van der Waals surface area contributed by atoms with Crippen molar-refractivity contribution < 1.29 is 32.4 Å². The molecule has 0 unspecified atom stereocenters. The molecule has 0 aromatic heterocycles. The maximum atomic E-state index is 12.4. The monoisotopic (exact) mass is 482 g/mol. The third kappa shape index (κ3) is 6.52. The third-order valence-electron chi connectivity index (χ3n) is 4.22. The van der Waals surface area contributed by atoms with Gasteiger partial charge >= 0.3 is 5.97 Å². The normalized spacial score (nSPS) is 11.1. The molecule has 0 fully saturated rings. The molecule has 2 aromatic rings. The van der Waals surface area contributed by atoms with E-state index < -0.39 is 27.5 Å². The number of ketones is 1. The number of hydrogen-bond acceptors (Lipinski definition) is 9. The average molecular weight is 483 g/mol. The first-order valence-electron chi connectivity index (χ1n) is 9.33. The molecule has 0 saturated heterocycles. The molecule has 0 aliphatic rings. The summed E-state index contributed by atoms with van der Waals surface area (Å²) in [5.74, 6) is -0.610. The maximum absolute atomic E-state index is 12.4. The molecule has 12 heteroatoms. The fourth-order valence-corrected chi connectivity index (χ4v) is 4.17. The number of nitro groups is 1. The Kier molecular flexibility index (Phi) is 8.75. The van der Waals surface area contributed by atoms with Gasteiger partial charge in [0.1, 0.15) is 18.9 Å². The van der Waals surface area contributed by atoms with E-state index in [1.54, 1.807) is 25.3 Å². The van der Waals surface area contributed by atoms with Crippen LogP contribution in [0.2, 0.25) is 0 Å². The Labute approximate surface area is 189 Å². The van der Waals surface area contributed by atoms with Crippen LogP contribution in [0.4, 0.5) is 5.69 Å². The van der Waals surface area contributed by atoms with E-state index in [1.165, 1.54) is 25.1 Å². The first-order chi connectivity index (χ1) is 15.1. The van der Waals surface area contributed by atoms with E-state index in [1.807, 2.05) is 0 Å². The summed E-state index contributed by atoms with van der Waals surface area (Å²) in [7, 11) is -4.19. The molecule has 0 radical (unpaired) electrons. The van der Waals surface area contributed by atoms with Crippen LogP contribution in [-0.2, 0) is 26.2 Å². The molecule has 0 saturated carbocycles. The van der Waals surface area contributed by atoms with Crippen LogP contribution in [0.15, 0.2) is 46.2 Å². The molecule has 0 aliphatic carbocycles. The molecular weight excluding hydrogens is 460 g/mol. The van der Waals surface area contributed by atoms with Crippen molar-refractivity contribution in [1.29, 1.82) is 0 Å². The van der Waals surface area contributed by atoms with Gasteiger partial charge in [0.25, 0.3) is 5.69 Å². The Bertz CT molecular complexity index is 1130. The summed E-state index contributed by atoms with van der Waals surface area (Å²) in [6.07, 6.45) is 1.63. The van der Waals surface area contributed by atoms with Crippen molar-refractivity contribution in [2.75, 3.05) is 19.4 Å². The SMILES string of the molecule is CCOc1ccc(C(C)=O)cc1COC(=O)CNS(=O)(=O)c1ccc(SC)c([N+](=O)[O-])c1. The minimum atomic E-state index is -4.19. The molecule has 1 N–H and O–H groups in total. The number of Topliss-reactive ketones (excluding diaryl/α,β-unsaturated/α-hetero) is 1. The van der Waals surface area contributed by atoms with E-state index in [9.17, 15) is 28.1 Å². The molecule has 0 atom stereocenters. The molecule has 0 bridgehead atoms. The topological polar surface area (TPSA) is 142 Å². The van der Waals surface area contributed by atoms with E-state index in [0.717, 1.165) is 17.8 Å². The number of thioether (sulfide) groups is 1. The Balaban J connectivity index is 2.07. The van der Waals surface area contributed by atoms with Gasteiger partial charge in [-0.05, 0) is 50.4 Å². The second kappa shape index (κ2) is 11.1. The van der Waals surface area contributed by atoms with Crippen molar-refractivity contribution in [3.05, 3.63) is 57.6 Å². The molecule has 172 valence electrons. The number of sulfonamides is 1. The van der Waals surface area contributed by atoms with Crippen molar-refractivity contribution >= 4 is 39.2 Å². The number of nitrogens with one attached hydrogen (secondary N) is 1. The number of esters is 1. The molecule has 2 aromatic carbocycles. The van der Waals surface area contributed by atoms with E-state index in [4.69, 9.17) is 9.47 Å². The number of rotatable bonds is 11. The molecular formula is C20H22N2O8S2. The fourth-order valence-electron chi connectivity index (χ4n) is 2.63. The molecule has 0 amide bonds. The van der Waals surface area contributed by atoms with Crippen LogP contribution in [0.25, 0.3) is 0 Å². The lowest BCUT2D eigenvalue weighted by atomic mass is 10.1. The number of carbonyl (C=O) groups excluding carboxylic acids is 2. The van der Waals surface area contributed by atoms with Crippen molar-refractivity contribution in [2.45, 2.75) is 30.2 Å². The first kappa shape index (κ1) is 25.3. The van der Waals surface area contributed by atoms with Gasteiger partial charge in [-0.2, -0.15) is 4.72 Å². The van der Waals surface area contributed by atoms with Gasteiger partial charge in [-0.3, -0.25) is 19.7 Å². The fraction of sp³-hybridized carbons (Fsp3) is 0.300. The standard InChI is InChI=1S/C20H22N2O8S2/c1-4-29-18-7-5-14(13(2)23)9-15(18)12-30-20(24)11-21-32(27,28)16-6-8-19(31-3)17(10-16)22(25)26/h5-10,21H,4,11-12H2,1-3H3. The summed E-state index contributed by atoms with van der Waals surface area (Å²) in [5.41, 5.74) is 0.520. The lowest BCUT2D eigenvalue weighted by Gasteiger charge is -2.12. The van der Waals surface area contributed by atoms with Crippen molar-refractivity contribution in [3.8, 4) is 5.75 Å². The summed E-state index contributed by atoms with van der Waals surface area (Å²) in [5, 5.41) is 11.2. The van der Waals surface area contributed by atoms with Crippen LogP contribution in [-0.4, -0.2) is 44.5 Å². The molecule has 2 rings (SSSR count). The van der Waals surface area contributed by atoms with E-state index in [0.29, 0.717) is 28.4 Å². The van der Waals surface area contributed by atoms with Crippen LogP contribution < -0.4 is 9.46 Å². The van der Waals surface area contributed by atoms with E-state index in [2.05, 4.69) is 4.72 Å². The molecule has 10 nitrogen and oxygen atoms in total. The molecule has 32 heavy (non-hydrogen) atoms. The lowest BCUT2D eigenvalue weighted by molar-refractivity contribution is -0.387. The first-order valence-corrected chi connectivity index (χ1v) is 12.0. The van der Waals surface area contributed by atoms with Gasteiger partial charge < -0.3 is 9.47 Å². The zero-order chi connectivity index (χ0) is 23.9. The van der Waals surface area contributed by atoms with Crippen LogP contribution >= 0.6 is 11.8 Å². The highest BCUT2D eigenvalue weighted by Crippen LogP contribution is 2.29. The summed E-state index contributed by atoms with van der Waals surface area (Å²) in [6, 6.07) is 8.20. The third-order valence-corrected chi connectivity index (χ3v) is 6.40. The summed E-state index contributed by atoms with van der Waals surface area (Å²) < 4.78 is 37.5. The van der Waals surface area contributed by atoms with Gasteiger partial charge in [-0.25, -0.2) is 8.42 Å². The number of hydrogen-bond donors (Lipinski definition) is 1. The van der Waals surface area contributed by atoms with Gasteiger partial charge in [0.2, 0.25) is 10.0 Å². The predicted octanol–water partition coefficient (Wildman–Crippen LogP) is 2.94. The van der Waals surface area contributed by atoms with Gasteiger partial charge in [0.05, 0.1) is 21.3 Å². The number of carbonyl (C=O) groups is 2. The van der Waals surface area contributed by atoms with Crippen LogP contribution in [0, 0.1) is 10.1 Å². The van der Waals surface area contributed by atoms with Crippen molar-refractivity contribution in [1.82, 2.24) is 4.72 Å². The number of ether oxygens (including phenoxy) is 2. The van der Waals surface area contributed by atoms with E-state index >= 15 is 0 Å². The number of nitrogens with zero attached hydrogens (tertiary/aromatic N) is 1. The highest BCUT2D eigenvalue weighted by atomic mass is 32.2. The van der Waals surface area contributed by atoms with Gasteiger partial charge in [0, 0.05) is 17.2 Å². The predicted molar refractivity (Wildman–Crippen MR) is 117 cm³/mol. The Morgan fingerprint density at radius 3 is 2.50 bits per heavy atom. The maximum Gasteiger partial charge on any atom is 0.321 e. The Morgan fingerprint density at radius 1 is 1.19 bits per heavy atom. The minimum Gasteiger partial charge on any atom is -0.493 e. The Hall–Kier alpha value is -2.96. The smallest absolute Gasteiger partial charge is 0.321 e. The van der Waals surface area contributed by atoms with Crippen molar-refractivity contribution in [2.24, 2.45) is 0 Å². The largest absolute Gasteiger partial charge is 0.493 e. The number of benzene rings is 2. The van der Waals surface area contributed by atoms with Gasteiger partial charge in [0.15, 0.2) is 5.78 Å². The van der Waals surface area contributed by atoms with Crippen LogP contribution in [0.1, 0.15) is 29.8 Å². The van der Waals surface area contributed by atoms with Gasteiger partial charge in [-0.15, -0.1) is 11.8 Å². The quantitative estimate of drug-likeness (QED) is 0.168. The highest BCUT2D eigenvalue weighted by Gasteiger charge is 2.22. The number of nitro benzene ring substituents is 1. The molecule has 0 heterocycles. The minimum absolute atomic E-state index is 0.171.